The minimum absolute atomic E-state index is 0.0270. The highest BCUT2D eigenvalue weighted by Gasteiger charge is 2.48. The molecule has 7 heteroatoms. The van der Waals surface area contributed by atoms with E-state index in [1.165, 1.54) is 11.2 Å². The number of nitrogens with zero attached hydrogens (tertiary/aromatic N) is 1. The van der Waals surface area contributed by atoms with Gasteiger partial charge in [0.1, 0.15) is 17.6 Å². The number of ketones is 1. The molecule has 0 bridgehead atoms. The van der Waals surface area contributed by atoms with E-state index in [0.717, 1.165) is 11.1 Å². The number of hydrogen-bond acceptors (Lipinski definition) is 6. The number of hydrogen-bond donors (Lipinski definition) is 1. The Hall–Kier alpha value is -4.00. The molecule has 31 heavy (non-hydrogen) atoms. The summed E-state index contributed by atoms with van der Waals surface area (Å²) in [4.78, 5) is 27.5. The van der Waals surface area contributed by atoms with Crippen LogP contribution in [0.1, 0.15) is 28.5 Å². The van der Waals surface area contributed by atoms with E-state index in [2.05, 4.69) is 0 Å². The van der Waals surface area contributed by atoms with E-state index >= 15 is 0 Å². The number of anilines is 1. The zero-order valence-electron chi connectivity index (χ0n) is 16.9. The minimum Gasteiger partial charge on any atom is -0.507 e. The second-order valence-electron chi connectivity index (χ2n) is 7.52. The lowest BCUT2D eigenvalue weighted by Crippen LogP contribution is -2.29. The molecule has 3 aromatic rings. The molecule has 2 aromatic carbocycles. The summed E-state index contributed by atoms with van der Waals surface area (Å²) >= 11 is 0. The largest absolute Gasteiger partial charge is 0.507 e. The molecular weight excluding hydrogens is 398 g/mol. The Bertz CT molecular complexity index is 1240. The molecule has 3 heterocycles. The molecule has 7 nitrogen and oxygen atoms in total. The van der Waals surface area contributed by atoms with Gasteiger partial charge in [0.15, 0.2) is 11.5 Å². The van der Waals surface area contributed by atoms with Gasteiger partial charge in [-0.3, -0.25) is 14.5 Å². The normalized spacial score (nSPS) is 19.3. The van der Waals surface area contributed by atoms with E-state index in [0.29, 0.717) is 28.5 Å². The number of carbonyl (C=O) groups excluding carboxylic acids is 2. The van der Waals surface area contributed by atoms with Crippen LogP contribution in [0.5, 0.6) is 11.5 Å². The number of carbonyl (C=O) groups is 2. The Morgan fingerprint density at radius 1 is 1.00 bits per heavy atom. The highest BCUT2D eigenvalue weighted by molar-refractivity contribution is 6.51. The molecule has 1 saturated heterocycles. The van der Waals surface area contributed by atoms with Crippen LogP contribution >= 0.6 is 0 Å². The molecule has 0 saturated carbocycles. The highest BCUT2D eigenvalue weighted by Crippen LogP contribution is 2.45. The molecule has 1 amide bonds. The van der Waals surface area contributed by atoms with Crippen LogP contribution in [0.4, 0.5) is 5.69 Å². The fraction of sp³-hybridized carbons (Fsp3) is 0.167. The van der Waals surface area contributed by atoms with Crippen molar-refractivity contribution in [3.63, 3.8) is 0 Å². The van der Waals surface area contributed by atoms with Gasteiger partial charge < -0.3 is 19.0 Å². The summed E-state index contributed by atoms with van der Waals surface area (Å²) in [5, 5.41) is 11.1. The monoisotopic (exact) mass is 417 g/mol. The smallest absolute Gasteiger partial charge is 0.300 e. The first-order valence-corrected chi connectivity index (χ1v) is 9.77. The second kappa shape index (κ2) is 7.05. The predicted octanol–water partition coefficient (Wildman–Crippen LogP) is 4.25. The van der Waals surface area contributed by atoms with Crippen molar-refractivity contribution in [3.8, 4) is 11.5 Å². The van der Waals surface area contributed by atoms with Crippen molar-refractivity contribution in [2.24, 2.45) is 0 Å². The Labute approximate surface area is 178 Å². The summed E-state index contributed by atoms with van der Waals surface area (Å²) < 4.78 is 16.3. The number of ether oxygens (including phenoxy) is 2. The number of fused-ring (bicyclic) bond motifs is 1. The van der Waals surface area contributed by atoms with Crippen LogP contribution in [0.25, 0.3) is 5.76 Å². The quantitative estimate of drug-likeness (QED) is 0.389. The number of rotatable bonds is 3. The van der Waals surface area contributed by atoms with E-state index in [4.69, 9.17) is 13.9 Å². The summed E-state index contributed by atoms with van der Waals surface area (Å²) in [6, 6.07) is 12.8. The lowest BCUT2D eigenvalue weighted by atomic mass is 9.97. The molecule has 0 aliphatic carbocycles. The topological polar surface area (TPSA) is 89.2 Å². The van der Waals surface area contributed by atoms with Crippen molar-refractivity contribution in [1.29, 1.82) is 0 Å². The number of aliphatic hydroxyl groups excluding tert-OH is 1. The SMILES string of the molecule is Cc1ccc(/C(O)=C2/C(=O)C(=O)N(c3ccc4c(c3)OCO4)C2c2ccco2)cc1C. The lowest BCUT2D eigenvalue weighted by molar-refractivity contribution is -0.132. The maximum Gasteiger partial charge on any atom is 0.300 e. The average Bonchev–Trinajstić information content (AvgIpc) is 3.50. The van der Waals surface area contributed by atoms with E-state index in [-0.39, 0.29) is 18.1 Å². The summed E-state index contributed by atoms with van der Waals surface area (Å²) in [5.41, 5.74) is 2.89. The Kier molecular flexibility index (Phi) is 4.32. The Morgan fingerprint density at radius 3 is 2.55 bits per heavy atom. The first-order valence-electron chi connectivity index (χ1n) is 9.77. The fourth-order valence-corrected chi connectivity index (χ4v) is 3.89. The van der Waals surface area contributed by atoms with Crippen molar-refractivity contribution in [2.45, 2.75) is 19.9 Å². The van der Waals surface area contributed by atoms with Gasteiger partial charge in [-0.25, -0.2) is 0 Å². The fourth-order valence-electron chi connectivity index (χ4n) is 3.89. The average molecular weight is 417 g/mol. The number of amides is 1. The van der Waals surface area contributed by atoms with Gasteiger partial charge in [0, 0.05) is 17.3 Å². The van der Waals surface area contributed by atoms with Crippen molar-refractivity contribution >= 4 is 23.1 Å². The van der Waals surface area contributed by atoms with Crippen LogP contribution in [0.3, 0.4) is 0 Å². The summed E-state index contributed by atoms with van der Waals surface area (Å²) in [5.74, 6) is -0.384. The molecule has 1 N–H and O–H groups in total. The van der Waals surface area contributed by atoms with Gasteiger partial charge in [-0.15, -0.1) is 0 Å². The van der Waals surface area contributed by atoms with Gasteiger partial charge in [0.2, 0.25) is 6.79 Å². The summed E-state index contributed by atoms with van der Waals surface area (Å²) in [6.45, 7) is 3.97. The first kappa shape index (κ1) is 19.0. The lowest BCUT2D eigenvalue weighted by Gasteiger charge is -2.23. The van der Waals surface area contributed by atoms with Gasteiger partial charge in [0.05, 0.1) is 11.8 Å². The van der Waals surface area contributed by atoms with E-state index in [9.17, 15) is 14.7 Å². The van der Waals surface area contributed by atoms with Gasteiger partial charge >= 0.3 is 0 Å². The van der Waals surface area contributed by atoms with Crippen LogP contribution in [0.2, 0.25) is 0 Å². The van der Waals surface area contributed by atoms with Crippen LogP contribution in [0.15, 0.2) is 64.8 Å². The summed E-state index contributed by atoms with van der Waals surface area (Å²) in [6.07, 6.45) is 1.46. The second-order valence-corrected chi connectivity index (χ2v) is 7.52. The third-order valence-electron chi connectivity index (χ3n) is 5.67. The molecule has 0 radical (unpaired) electrons. The van der Waals surface area contributed by atoms with Gasteiger partial charge in [-0.05, 0) is 55.3 Å². The van der Waals surface area contributed by atoms with E-state index in [1.807, 2.05) is 19.9 Å². The maximum absolute atomic E-state index is 13.1. The molecule has 2 aliphatic heterocycles. The molecule has 1 atom stereocenters. The zero-order valence-corrected chi connectivity index (χ0v) is 16.9. The molecular formula is C24H19NO6. The molecule has 0 spiro atoms. The van der Waals surface area contributed by atoms with Gasteiger partial charge in [0.25, 0.3) is 11.7 Å². The number of furan rings is 1. The molecule has 5 rings (SSSR count). The van der Waals surface area contributed by atoms with Crippen LogP contribution < -0.4 is 14.4 Å². The summed E-state index contributed by atoms with van der Waals surface area (Å²) in [7, 11) is 0. The molecule has 1 unspecified atom stereocenters. The van der Waals surface area contributed by atoms with Gasteiger partial charge in [-0.1, -0.05) is 12.1 Å². The number of Topliss-reactive ketones (excluding diaryl/α,β-unsaturated/α-hetero) is 1. The van der Waals surface area contributed by atoms with Crippen molar-refractivity contribution in [3.05, 3.63) is 82.8 Å². The van der Waals surface area contributed by atoms with E-state index < -0.39 is 17.7 Å². The Morgan fingerprint density at radius 2 is 1.81 bits per heavy atom. The molecule has 1 aromatic heterocycles. The predicted molar refractivity (Wildman–Crippen MR) is 112 cm³/mol. The number of benzene rings is 2. The highest BCUT2D eigenvalue weighted by atomic mass is 16.7. The Balaban J connectivity index is 1.69. The zero-order chi connectivity index (χ0) is 21.7. The van der Waals surface area contributed by atoms with Crippen LogP contribution in [-0.4, -0.2) is 23.6 Å². The first-order chi connectivity index (χ1) is 15.0. The van der Waals surface area contributed by atoms with Gasteiger partial charge in [-0.2, -0.15) is 0 Å². The third-order valence-corrected chi connectivity index (χ3v) is 5.67. The van der Waals surface area contributed by atoms with Crippen LogP contribution in [0, 0.1) is 13.8 Å². The minimum atomic E-state index is -0.919. The molecule has 1 fully saturated rings. The number of aliphatic hydroxyl groups is 1. The standard InChI is InChI=1S/C24H19NO6/c1-13-5-6-15(10-14(13)2)22(26)20-21(18-4-3-9-29-18)25(24(28)23(20)27)16-7-8-17-19(11-16)31-12-30-17/h3-11,21,26H,12H2,1-2H3/b22-20-. The molecule has 2 aliphatic rings. The third kappa shape index (κ3) is 2.97. The van der Waals surface area contributed by atoms with Crippen molar-refractivity contribution < 1.29 is 28.6 Å². The van der Waals surface area contributed by atoms with Crippen molar-refractivity contribution in [2.75, 3.05) is 11.7 Å². The maximum atomic E-state index is 13.1. The van der Waals surface area contributed by atoms with E-state index in [1.54, 1.807) is 42.5 Å². The van der Waals surface area contributed by atoms with Crippen molar-refractivity contribution in [1.82, 2.24) is 0 Å². The molecule has 156 valence electrons. The number of aryl methyl sites for hydroxylation is 2. The van der Waals surface area contributed by atoms with Crippen LogP contribution in [-0.2, 0) is 9.59 Å².